The highest BCUT2D eigenvalue weighted by Gasteiger charge is 2.02. The number of nitrogens with zero attached hydrogens (tertiary/aromatic N) is 3. The largest absolute Gasteiger partial charge is 0.368 e. The minimum absolute atomic E-state index is 0.259. The molecule has 0 radical (unpaired) electrons. The molecule has 0 amide bonds. The molecule has 0 saturated carbocycles. The molecule has 0 spiro atoms. The molecule has 0 heterocycles. The Bertz CT molecular complexity index is 201. The summed E-state index contributed by atoms with van der Waals surface area (Å²) < 4.78 is 0. The van der Waals surface area contributed by atoms with Crippen LogP contribution in [-0.4, -0.2) is 48.0 Å². The van der Waals surface area contributed by atoms with Gasteiger partial charge in [-0.25, -0.2) is 10.8 Å². The van der Waals surface area contributed by atoms with Crippen LogP contribution in [0.2, 0.25) is 0 Å². The topological polar surface area (TPSA) is 70.9 Å². The summed E-state index contributed by atoms with van der Waals surface area (Å²) in [6, 6.07) is 0. The van der Waals surface area contributed by atoms with E-state index in [4.69, 9.17) is 23.8 Å². The summed E-state index contributed by atoms with van der Waals surface area (Å²) in [7, 11) is 3.93. The first-order chi connectivity index (χ1) is 5.93. The van der Waals surface area contributed by atoms with Crippen LogP contribution in [0, 0.1) is 0 Å². The van der Waals surface area contributed by atoms with Crippen molar-refractivity contribution in [1.82, 2.24) is 9.91 Å². The van der Waals surface area contributed by atoms with E-state index in [0.29, 0.717) is 11.5 Å². The number of nitrogens with two attached hydrogens (primary N) is 2. The van der Waals surface area contributed by atoms with Gasteiger partial charge >= 0.3 is 0 Å². The van der Waals surface area contributed by atoms with E-state index in [1.165, 1.54) is 5.01 Å². The monoisotopic (exact) mass is 203 g/mol. The average Bonchev–Trinajstić information content (AvgIpc) is 1.98. The lowest BCUT2D eigenvalue weighted by molar-refractivity contribution is 0.333. The molecule has 0 aliphatic rings. The van der Waals surface area contributed by atoms with Gasteiger partial charge in [-0.05, 0) is 21.0 Å². The second kappa shape index (κ2) is 5.85. The standard InChI is InChI=1S/C7H17N5S/c1-6(13)10-7(8)12(9)5-4-11(2)3/h4-5,9H2,1-3H3,(H2,8,10,13). The maximum Gasteiger partial charge on any atom is 0.211 e. The van der Waals surface area contributed by atoms with Gasteiger partial charge in [0.2, 0.25) is 5.96 Å². The molecule has 0 atom stereocenters. The number of guanidine groups is 1. The highest BCUT2D eigenvalue weighted by molar-refractivity contribution is 7.80. The van der Waals surface area contributed by atoms with Crippen molar-refractivity contribution in [1.29, 1.82) is 0 Å². The van der Waals surface area contributed by atoms with Crippen molar-refractivity contribution < 1.29 is 0 Å². The van der Waals surface area contributed by atoms with E-state index in [2.05, 4.69) is 4.99 Å². The summed E-state index contributed by atoms with van der Waals surface area (Å²) in [5.41, 5.74) is 5.55. The predicted octanol–water partition coefficient (Wildman–Crippen LogP) is -0.614. The second-order valence-electron chi connectivity index (χ2n) is 2.99. The molecule has 0 aliphatic heterocycles. The van der Waals surface area contributed by atoms with Crippen molar-refractivity contribution in [2.45, 2.75) is 6.92 Å². The summed E-state index contributed by atoms with van der Waals surface area (Å²) in [5.74, 6) is 5.86. The third kappa shape index (κ3) is 6.44. The highest BCUT2D eigenvalue weighted by Crippen LogP contribution is 1.83. The highest BCUT2D eigenvalue weighted by atomic mass is 32.1. The second-order valence-corrected chi connectivity index (χ2v) is 3.58. The Morgan fingerprint density at radius 1 is 1.38 bits per heavy atom. The Balaban J connectivity index is 3.96. The fourth-order valence-corrected chi connectivity index (χ4v) is 0.741. The van der Waals surface area contributed by atoms with Gasteiger partial charge in [0.15, 0.2) is 0 Å². The van der Waals surface area contributed by atoms with Crippen LogP contribution in [0.4, 0.5) is 0 Å². The molecule has 0 saturated heterocycles. The maximum atomic E-state index is 5.61. The fraction of sp³-hybridized carbons (Fsp3) is 0.714. The number of aliphatic imine (C=N–C) groups is 1. The molecule has 6 heteroatoms. The molecule has 0 rings (SSSR count). The van der Waals surface area contributed by atoms with Crippen molar-refractivity contribution in [3.8, 4) is 0 Å². The SMILES string of the molecule is CC(=S)N=C(N)N(N)CCN(C)C. The molecule has 4 N–H and O–H groups in total. The zero-order valence-corrected chi connectivity index (χ0v) is 9.14. The minimum atomic E-state index is 0.259. The number of hydrazine groups is 1. The smallest absolute Gasteiger partial charge is 0.211 e. The molecule has 0 aromatic rings. The Morgan fingerprint density at radius 3 is 2.31 bits per heavy atom. The summed E-state index contributed by atoms with van der Waals surface area (Å²) in [6.07, 6.45) is 0. The summed E-state index contributed by atoms with van der Waals surface area (Å²) in [6.45, 7) is 3.15. The van der Waals surface area contributed by atoms with Crippen LogP contribution in [0.15, 0.2) is 4.99 Å². The van der Waals surface area contributed by atoms with Gasteiger partial charge in [0.25, 0.3) is 0 Å². The summed E-state index contributed by atoms with van der Waals surface area (Å²) in [4.78, 5) is 6.36. The Hall–Kier alpha value is -0.720. The zero-order chi connectivity index (χ0) is 10.4. The lowest BCUT2D eigenvalue weighted by Gasteiger charge is -2.19. The first kappa shape index (κ1) is 12.3. The van der Waals surface area contributed by atoms with Crippen LogP contribution in [-0.2, 0) is 0 Å². The van der Waals surface area contributed by atoms with Crippen LogP contribution < -0.4 is 11.6 Å². The number of hydrogen-bond donors (Lipinski definition) is 2. The lowest BCUT2D eigenvalue weighted by Crippen LogP contribution is -2.46. The predicted molar refractivity (Wildman–Crippen MR) is 59.3 cm³/mol. The van der Waals surface area contributed by atoms with Crippen LogP contribution >= 0.6 is 12.2 Å². The molecule has 0 unspecified atom stereocenters. The third-order valence-electron chi connectivity index (χ3n) is 1.35. The van der Waals surface area contributed by atoms with E-state index in [-0.39, 0.29) is 5.96 Å². The van der Waals surface area contributed by atoms with Crippen molar-refractivity contribution in [3.63, 3.8) is 0 Å². The van der Waals surface area contributed by atoms with Crippen LogP contribution in [0.3, 0.4) is 0 Å². The molecule has 0 aliphatic carbocycles. The quantitative estimate of drug-likeness (QED) is 0.210. The van der Waals surface area contributed by atoms with Gasteiger partial charge < -0.3 is 10.6 Å². The molecule has 0 bridgehead atoms. The zero-order valence-electron chi connectivity index (χ0n) is 8.32. The first-order valence-electron chi connectivity index (χ1n) is 3.95. The molecule has 5 nitrogen and oxygen atoms in total. The molecular formula is C7H17N5S. The molecular weight excluding hydrogens is 186 g/mol. The van der Waals surface area contributed by atoms with Crippen LogP contribution in [0.1, 0.15) is 6.92 Å². The van der Waals surface area contributed by atoms with Gasteiger partial charge in [-0.3, -0.25) is 5.01 Å². The molecule has 0 fully saturated rings. The van der Waals surface area contributed by atoms with Gasteiger partial charge in [0.1, 0.15) is 4.99 Å². The third-order valence-corrected chi connectivity index (χ3v) is 1.45. The van der Waals surface area contributed by atoms with Gasteiger partial charge in [0.05, 0.1) is 0 Å². The summed E-state index contributed by atoms with van der Waals surface area (Å²) >= 11 is 4.77. The Labute approximate surface area is 84.4 Å². The number of likely N-dealkylation sites (N-methyl/N-ethyl adjacent to an activating group) is 1. The number of rotatable bonds is 3. The van der Waals surface area contributed by atoms with Gasteiger partial charge in [0, 0.05) is 13.1 Å². The Kier molecular flexibility index (Phi) is 5.52. The number of thiocarbonyl (C=S) groups is 1. The molecule has 76 valence electrons. The molecule has 13 heavy (non-hydrogen) atoms. The normalized spacial score (nSPS) is 11.9. The van der Waals surface area contributed by atoms with E-state index >= 15 is 0 Å². The van der Waals surface area contributed by atoms with Crippen LogP contribution in [0.5, 0.6) is 0 Å². The van der Waals surface area contributed by atoms with E-state index in [9.17, 15) is 0 Å². The van der Waals surface area contributed by atoms with Crippen molar-refractivity contribution in [3.05, 3.63) is 0 Å². The van der Waals surface area contributed by atoms with E-state index in [0.717, 1.165) is 6.54 Å². The van der Waals surface area contributed by atoms with Crippen molar-refractivity contribution in [2.24, 2.45) is 16.6 Å². The average molecular weight is 203 g/mol. The van der Waals surface area contributed by atoms with Crippen molar-refractivity contribution in [2.75, 3.05) is 27.2 Å². The summed E-state index contributed by atoms with van der Waals surface area (Å²) in [5, 5.41) is 1.38. The van der Waals surface area contributed by atoms with Crippen LogP contribution in [0.25, 0.3) is 0 Å². The van der Waals surface area contributed by atoms with Crippen molar-refractivity contribution >= 4 is 23.2 Å². The maximum absolute atomic E-state index is 5.61. The number of hydrogen-bond acceptors (Lipinski definition) is 3. The van der Waals surface area contributed by atoms with Gasteiger partial charge in [-0.1, -0.05) is 12.2 Å². The van der Waals surface area contributed by atoms with E-state index < -0.39 is 0 Å². The Morgan fingerprint density at radius 2 is 1.92 bits per heavy atom. The minimum Gasteiger partial charge on any atom is -0.368 e. The fourth-order valence-electron chi connectivity index (χ4n) is 0.648. The first-order valence-corrected chi connectivity index (χ1v) is 4.36. The molecule has 0 aromatic carbocycles. The van der Waals surface area contributed by atoms with E-state index in [1.807, 2.05) is 19.0 Å². The van der Waals surface area contributed by atoms with Gasteiger partial charge in [-0.2, -0.15) is 0 Å². The van der Waals surface area contributed by atoms with E-state index in [1.54, 1.807) is 6.92 Å². The lowest BCUT2D eigenvalue weighted by atomic mass is 10.5. The van der Waals surface area contributed by atoms with Gasteiger partial charge in [-0.15, -0.1) is 0 Å². The molecule has 0 aromatic heterocycles.